The summed E-state index contributed by atoms with van der Waals surface area (Å²) in [7, 11) is -4.62. The summed E-state index contributed by atoms with van der Waals surface area (Å²) < 4.78 is 31.5. The molecule has 0 saturated carbocycles. The first-order valence-corrected chi connectivity index (χ1v) is 8.00. The second-order valence-electron chi connectivity index (χ2n) is 5.24. The number of phenolic OH excluding ortho intramolecular Hbond substituents is 2. The molecule has 2 heterocycles. The summed E-state index contributed by atoms with van der Waals surface area (Å²) in [5.74, 6) is -1.62. The van der Waals surface area contributed by atoms with Crippen LogP contribution in [0.4, 0.5) is 10.5 Å². The fourth-order valence-electron chi connectivity index (χ4n) is 2.84. The molecule has 0 unspecified atom stereocenters. The quantitative estimate of drug-likeness (QED) is 0.142. The van der Waals surface area contributed by atoms with Crippen molar-refractivity contribution in [3.63, 3.8) is 0 Å². The number of benzene rings is 1. The maximum atomic E-state index is 12.2. The Morgan fingerprint density at radius 3 is 2.54 bits per heavy atom. The molecule has 2 fully saturated rings. The van der Waals surface area contributed by atoms with Gasteiger partial charge in [-0.2, -0.15) is 8.42 Å². The standard InChI is InChI=1S/C12H13N3O7S.Na.H/c16-8-2-1-6(5-9(8)17)13-12(19)14-4-3-7-10(14)11(18)15(7)23(20,21)22;;/h1-2,5,7,10,16-17H,3-4H2,(H,13,19)(H,20,21,22);;/q;+1;-1/t7-,10+;;/m1../s1. The van der Waals surface area contributed by atoms with Crippen LogP contribution in [0.2, 0.25) is 0 Å². The van der Waals surface area contributed by atoms with Gasteiger partial charge in [0, 0.05) is 18.3 Å². The molecule has 2 saturated heterocycles. The number of carbonyl (C=O) groups excluding carboxylic acids is 2. The zero-order valence-electron chi connectivity index (χ0n) is 13.6. The monoisotopic (exact) mass is 367 g/mol. The van der Waals surface area contributed by atoms with Crippen molar-refractivity contribution in [1.82, 2.24) is 9.21 Å². The molecule has 0 aromatic heterocycles. The van der Waals surface area contributed by atoms with E-state index in [1.165, 1.54) is 17.0 Å². The minimum absolute atomic E-state index is 0. The second kappa shape index (κ2) is 6.41. The zero-order chi connectivity index (χ0) is 16.9. The zero-order valence-corrected chi connectivity index (χ0v) is 15.4. The van der Waals surface area contributed by atoms with E-state index in [9.17, 15) is 28.2 Å². The van der Waals surface area contributed by atoms with Crippen molar-refractivity contribution >= 4 is 27.9 Å². The predicted molar refractivity (Wildman–Crippen MR) is 77.2 cm³/mol. The van der Waals surface area contributed by atoms with Crippen LogP contribution < -0.4 is 34.9 Å². The number of β-lactam (4-membered cyclic amide) rings is 1. The Bertz CT molecular complexity index is 806. The van der Waals surface area contributed by atoms with Crippen molar-refractivity contribution < 1.29 is 63.8 Å². The van der Waals surface area contributed by atoms with Gasteiger partial charge < -0.3 is 21.9 Å². The summed E-state index contributed by atoms with van der Waals surface area (Å²) in [6, 6.07) is 1.32. The Morgan fingerprint density at radius 2 is 1.96 bits per heavy atom. The van der Waals surface area contributed by atoms with Crippen LogP contribution >= 0.6 is 0 Å². The van der Waals surface area contributed by atoms with Gasteiger partial charge in [-0.25, -0.2) is 9.10 Å². The van der Waals surface area contributed by atoms with Gasteiger partial charge >= 0.3 is 45.9 Å². The fourth-order valence-corrected chi connectivity index (χ4v) is 3.74. The summed E-state index contributed by atoms with van der Waals surface area (Å²) >= 11 is 0. The minimum Gasteiger partial charge on any atom is -1.00 e. The van der Waals surface area contributed by atoms with Crippen LogP contribution in [0.3, 0.4) is 0 Å². The van der Waals surface area contributed by atoms with Crippen molar-refractivity contribution in [3.8, 4) is 11.5 Å². The third-order valence-corrected chi connectivity index (χ3v) is 4.82. The number of hydrogen-bond acceptors (Lipinski definition) is 6. The summed E-state index contributed by atoms with van der Waals surface area (Å²) in [5, 5.41) is 21.0. The van der Waals surface area contributed by atoms with Crippen LogP contribution in [0.5, 0.6) is 11.5 Å². The molecule has 126 valence electrons. The predicted octanol–water partition coefficient (Wildman–Crippen LogP) is -3.17. The van der Waals surface area contributed by atoms with Crippen LogP contribution in [0, 0.1) is 0 Å². The third-order valence-electron chi connectivity index (χ3n) is 3.87. The Kier molecular flexibility index (Phi) is 5.02. The Labute approximate surface area is 160 Å². The first-order chi connectivity index (χ1) is 10.7. The third kappa shape index (κ3) is 3.05. The van der Waals surface area contributed by atoms with Gasteiger partial charge in [-0.05, 0) is 18.6 Å². The number of aromatic hydroxyl groups is 2. The number of nitrogens with zero attached hydrogens (tertiary/aromatic N) is 2. The summed E-state index contributed by atoms with van der Waals surface area (Å²) in [6.45, 7) is 0.142. The van der Waals surface area contributed by atoms with Crippen LogP contribution in [-0.2, 0) is 15.1 Å². The average molecular weight is 367 g/mol. The van der Waals surface area contributed by atoms with E-state index in [1.54, 1.807) is 0 Å². The van der Waals surface area contributed by atoms with Crippen molar-refractivity contribution in [2.24, 2.45) is 0 Å². The van der Waals surface area contributed by atoms with Crippen LogP contribution in [-0.4, -0.2) is 63.0 Å². The number of nitrogens with one attached hydrogen (secondary N) is 1. The molecule has 1 aromatic carbocycles. The molecule has 0 radical (unpaired) electrons. The van der Waals surface area contributed by atoms with Gasteiger partial charge in [-0.15, -0.1) is 0 Å². The van der Waals surface area contributed by atoms with Gasteiger partial charge in [-0.3, -0.25) is 9.35 Å². The fraction of sp³-hybridized carbons (Fsp3) is 0.333. The molecular weight excluding hydrogens is 353 g/mol. The Morgan fingerprint density at radius 1 is 1.29 bits per heavy atom. The van der Waals surface area contributed by atoms with Gasteiger partial charge in [0.25, 0.3) is 5.91 Å². The number of fused-ring (bicyclic) bond motifs is 1. The Hall–Kier alpha value is -1.53. The van der Waals surface area contributed by atoms with Gasteiger partial charge in [0.05, 0.1) is 6.04 Å². The number of urea groups is 1. The molecule has 10 nitrogen and oxygen atoms in total. The van der Waals surface area contributed by atoms with Crippen LogP contribution in [0.15, 0.2) is 18.2 Å². The van der Waals surface area contributed by atoms with E-state index in [4.69, 9.17) is 4.55 Å². The summed E-state index contributed by atoms with van der Waals surface area (Å²) in [6.07, 6.45) is 0.227. The summed E-state index contributed by atoms with van der Waals surface area (Å²) in [4.78, 5) is 25.2. The smallest absolute Gasteiger partial charge is 1.00 e. The largest absolute Gasteiger partial charge is 1.00 e. The van der Waals surface area contributed by atoms with Crippen molar-refractivity contribution in [2.75, 3.05) is 11.9 Å². The molecule has 3 rings (SSSR count). The molecular formula is C12H14N3NaO7S. The molecule has 0 spiro atoms. The maximum Gasteiger partial charge on any atom is 1.00 e. The van der Waals surface area contributed by atoms with Crippen molar-refractivity contribution in [2.45, 2.75) is 18.5 Å². The van der Waals surface area contributed by atoms with Crippen LogP contribution in [0.25, 0.3) is 0 Å². The van der Waals surface area contributed by atoms with E-state index in [0.29, 0.717) is 4.31 Å². The minimum atomic E-state index is -4.62. The number of carbonyl (C=O) groups is 2. The molecule has 2 aliphatic heterocycles. The van der Waals surface area contributed by atoms with E-state index >= 15 is 0 Å². The van der Waals surface area contributed by atoms with Gasteiger partial charge in [0.15, 0.2) is 11.5 Å². The molecule has 24 heavy (non-hydrogen) atoms. The van der Waals surface area contributed by atoms with E-state index in [0.717, 1.165) is 6.07 Å². The molecule has 2 atom stereocenters. The molecule has 0 bridgehead atoms. The van der Waals surface area contributed by atoms with Gasteiger partial charge in [0.2, 0.25) is 0 Å². The van der Waals surface area contributed by atoms with E-state index in [2.05, 4.69) is 5.32 Å². The molecule has 12 heteroatoms. The number of anilines is 1. The molecule has 4 N–H and O–H groups in total. The average Bonchev–Trinajstić information content (AvgIpc) is 2.80. The maximum absolute atomic E-state index is 12.2. The number of amides is 3. The van der Waals surface area contributed by atoms with Crippen molar-refractivity contribution in [1.29, 1.82) is 0 Å². The number of likely N-dealkylation sites (tertiary alicyclic amines) is 1. The number of hydrogen-bond donors (Lipinski definition) is 4. The molecule has 1 aromatic rings. The normalized spacial score (nSPS) is 22.5. The number of phenols is 2. The molecule has 3 amide bonds. The van der Waals surface area contributed by atoms with Crippen LogP contribution in [0.1, 0.15) is 7.85 Å². The first-order valence-electron chi connectivity index (χ1n) is 6.60. The van der Waals surface area contributed by atoms with E-state index in [-0.39, 0.29) is 55.4 Å². The van der Waals surface area contributed by atoms with Crippen molar-refractivity contribution in [3.05, 3.63) is 18.2 Å². The summed E-state index contributed by atoms with van der Waals surface area (Å²) in [5.41, 5.74) is 0.201. The molecule has 0 aliphatic carbocycles. The topological polar surface area (TPSA) is 147 Å². The van der Waals surface area contributed by atoms with E-state index in [1.807, 2.05) is 0 Å². The van der Waals surface area contributed by atoms with Gasteiger partial charge in [-0.1, -0.05) is 0 Å². The van der Waals surface area contributed by atoms with E-state index < -0.39 is 40.1 Å². The SMILES string of the molecule is O=C(Nc1ccc(O)c(O)c1)N1CC[C@@H]2[C@H]1C(=O)N2S(=O)(=O)O.[H-].[Na+]. The Balaban J connectivity index is 0.00000156. The second-order valence-corrected chi connectivity index (χ2v) is 6.53. The van der Waals surface area contributed by atoms with Gasteiger partial charge in [0.1, 0.15) is 6.04 Å². The number of rotatable bonds is 2. The molecule has 2 aliphatic rings. The first kappa shape index (κ1) is 18.8.